The Bertz CT molecular complexity index is 3310. The Labute approximate surface area is 357 Å². The van der Waals surface area contributed by atoms with Crippen LogP contribution in [-0.2, 0) is 4.79 Å². The van der Waals surface area contributed by atoms with Gasteiger partial charge in [0.2, 0.25) is 5.91 Å². The molecule has 0 aliphatic carbocycles. The van der Waals surface area contributed by atoms with Gasteiger partial charge in [0.05, 0.1) is 16.8 Å². The highest BCUT2D eigenvalue weighted by Gasteiger charge is 2.22. The molecule has 11 nitrogen and oxygen atoms in total. The quantitative estimate of drug-likeness (QED) is 0.0997. The van der Waals surface area contributed by atoms with E-state index >= 15 is 0 Å². The standard InChI is InChI=1S/C19H12O2.C16H13ClN2O.C15H10O6/c20-16-12-18(14-7-2-1-3-8-14)21-17-11-10-13-6-4-5-9-15(13)19(16)17;1-19-14-8-7-12(17)9-13(14)16(18-10-15(19)20)11-5-3-2-4-6-11;16-8-4-11(19)15-12(20)6-13(21-14(15)5-8)7-1-2-9(17)10(18)3-7/h1-12H;2-9H,10H2,1H3;1-6,16-19H. The molecule has 0 bridgehead atoms. The number of benzene rings is 7. The van der Waals surface area contributed by atoms with E-state index in [1.54, 1.807) is 24.1 Å². The number of carbonyl (C=O) groups excluding carboxylic acids is 1. The highest BCUT2D eigenvalue weighted by atomic mass is 35.5. The molecule has 4 N–H and O–H groups in total. The predicted molar refractivity (Wildman–Crippen MR) is 242 cm³/mol. The number of hydrogen-bond acceptors (Lipinski definition) is 10. The van der Waals surface area contributed by atoms with Gasteiger partial charge in [-0.05, 0) is 53.2 Å². The molecule has 0 spiro atoms. The van der Waals surface area contributed by atoms with Crippen molar-refractivity contribution in [3.63, 3.8) is 0 Å². The molecule has 1 aliphatic heterocycles. The van der Waals surface area contributed by atoms with Crippen LogP contribution in [0.1, 0.15) is 11.1 Å². The number of benzodiazepines with no additional fused rings is 1. The first-order valence-electron chi connectivity index (χ1n) is 19.1. The average molecular weight is 843 g/mol. The van der Waals surface area contributed by atoms with E-state index in [0.29, 0.717) is 27.3 Å². The monoisotopic (exact) mass is 842 g/mol. The molecule has 9 aromatic rings. The van der Waals surface area contributed by atoms with E-state index in [1.807, 2.05) is 109 Å². The molecule has 306 valence electrons. The first kappa shape index (κ1) is 40.6. The summed E-state index contributed by atoms with van der Waals surface area (Å²) < 4.78 is 11.4. The molecule has 12 heteroatoms. The van der Waals surface area contributed by atoms with Gasteiger partial charge in [-0.25, -0.2) is 0 Å². The van der Waals surface area contributed by atoms with Crippen LogP contribution in [0.25, 0.3) is 55.4 Å². The van der Waals surface area contributed by atoms with E-state index in [-0.39, 0.29) is 57.6 Å². The van der Waals surface area contributed by atoms with Gasteiger partial charge >= 0.3 is 0 Å². The second-order valence-electron chi connectivity index (χ2n) is 14.2. The summed E-state index contributed by atoms with van der Waals surface area (Å²) in [5.74, 6) is -0.561. The topological polar surface area (TPSA) is 174 Å². The van der Waals surface area contributed by atoms with Gasteiger partial charge in [-0.2, -0.15) is 0 Å². The van der Waals surface area contributed by atoms with E-state index in [4.69, 9.17) is 20.4 Å². The number of phenols is 4. The van der Waals surface area contributed by atoms with Crippen molar-refractivity contribution >= 4 is 61.6 Å². The fourth-order valence-electron chi connectivity index (χ4n) is 7.05. The number of amides is 1. The average Bonchev–Trinajstić information content (AvgIpc) is 3.39. The molecule has 2 aromatic heterocycles. The normalized spacial score (nSPS) is 12.1. The molecule has 1 amide bonds. The zero-order chi connectivity index (χ0) is 43.5. The predicted octanol–water partition coefficient (Wildman–Crippen LogP) is 10.0. The highest BCUT2D eigenvalue weighted by Crippen LogP contribution is 2.34. The Morgan fingerprint density at radius 1 is 0.565 bits per heavy atom. The van der Waals surface area contributed by atoms with Gasteiger partial charge in [0.25, 0.3) is 0 Å². The number of aliphatic imine (C=N–C) groups is 1. The molecule has 1 aliphatic rings. The summed E-state index contributed by atoms with van der Waals surface area (Å²) in [5, 5.41) is 41.1. The van der Waals surface area contributed by atoms with Crippen molar-refractivity contribution in [2.75, 3.05) is 18.5 Å². The summed E-state index contributed by atoms with van der Waals surface area (Å²) in [6.45, 7) is 0.146. The lowest BCUT2D eigenvalue weighted by atomic mass is 10.0. The minimum Gasteiger partial charge on any atom is -0.508 e. The van der Waals surface area contributed by atoms with Gasteiger partial charge in [0.1, 0.15) is 46.1 Å². The van der Waals surface area contributed by atoms with Crippen LogP contribution in [0.5, 0.6) is 23.0 Å². The Morgan fingerprint density at radius 3 is 1.94 bits per heavy atom. The van der Waals surface area contributed by atoms with E-state index in [2.05, 4.69) is 4.99 Å². The van der Waals surface area contributed by atoms with Gasteiger partial charge in [0.15, 0.2) is 22.4 Å². The maximum Gasteiger partial charge on any atom is 0.248 e. The van der Waals surface area contributed by atoms with E-state index in [1.165, 1.54) is 24.3 Å². The maximum atomic E-state index is 12.5. The smallest absolute Gasteiger partial charge is 0.248 e. The van der Waals surface area contributed by atoms with Crippen LogP contribution in [0, 0.1) is 0 Å². The van der Waals surface area contributed by atoms with Crippen LogP contribution < -0.4 is 15.8 Å². The molecular formula is C50H35ClN2O9. The molecule has 3 heterocycles. The number of likely N-dealkylation sites (N-methyl/N-ethyl adjacent to an activating group) is 1. The van der Waals surface area contributed by atoms with Gasteiger partial charge in [0, 0.05) is 58.6 Å². The summed E-state index contributed by atoms with van der Waals surface area (Å²) in [5.41, 5.74) is 4.93. The molecular weight excluding hydrogens is 808 g/mol. The number of nitrogens with zero attached hydrogens (tertiary/aromatic N) is 2. The molecule has 0 radical (unpaired) electrons. The van der Waals surface area contributed by atoms with Crippen LogP contribution in [0.4, 0.5) is 5.69 Å². The molecule has 0 unspecified atom stereocenters. The summed E-state index contributed by atoms with van der Waals surface area (Å²) in [6, 6.07) is 45.7. The Hall–Kier alpha value is -8.15. The van der Waals surface area contributed by atoms with Crippen LogP contribution in [-0.4, -0.2) is 45.6 Å². The van der Waals surface area contributed by atoms with Crippen molar-refractivity contribution in [1.82, 2.24) is 0 Å². The molecule has 0 fully saturated rings. The highest BCUT2D eigenvalue weighted by molar-refractivity contribution is 6.32. The Balaban J connectivity index is 0.000000128. The second kappa shape index (κ2) is 17.2. The van der Waals surface area contributed by atoms with Crippen LogP contribution >= 0.6 is 11.6 Å². The molecule has 0 atom stereocenters. The maximum absolute atomic E-state index is 12.5. The second-order valence-corrected chi connectivity index (χ2v) is 14.6. The molecule has 62 heavy (non-hydrogen) atoms. The molecule has 0 saturated heterocycles. The molecule has 0 saturated carbocycles. The summed E-state index contributed by atoms with van der Waals surface area (Å²) in [4.78, 5) is 42.7. The largest absolute Gasteiger partial charge is 0.508 e. The van der Waals surface area contributed by atoms with Crippen molar-refractivity contribution in [3.05, 3.63) is 194 Å². The van der Waals surface area contributed by atoms with E-state index < -0.39 is 5.43 Å². The van der Waals surface area contributed by atoms with Crippen molar-refractivity contribution in [3.8, 4) is 45.6 Å². The lowest BCUT2D eigenvalue weighted by Gasteiger charge is -2.18. The number of aromatic hydroxyl groups is 4. The van der Waals surface area contributed by atoms with Crippen LogP contribution in [0.15, 0.2) is 181 Å². The summed E-state index contributed by atoms with van der Waals surface area (Å²) >= 11 is 6.11. The molecule has 10 rings (SSSR count). The fraction of sp³-hybridized carbons (Fsp3) is 0.0400. The van der Waals surface area contributed by atoms with E-state index in [9.17, 15) is 34.8 Å². The zero-order valence-corrected chi connectivity index (χ0v) is 33.6. The lowest BCUT2D eigenvalue weighted by Crippen LogP contribution is -2.27. The van der Waals surface area contributed by atoms with Crippen molar-refractivity contribution in [2.24, 2.45) is 4.99 Å². The number of halogens is 1. The van der Waals surface area contributed by atoms with Gasteiger partial charge in [-0.3, -0.25) is 19.4 Å². The number of anilines is 1. The number of hydrogen-bond donors (Lipinski definition) is 4. The number of phenolic OH excluding ortho intramolecular Hbond substituents is 4. The zero-order valence-electron chi connectivity index (χ0n) is 32.8. The first-order chi connectivity index (χ1) is 29.9. The minimum absolute atomic E-state index is 0.00750. The van der Waals surface area contributed by atoms with Gasteiger partial charge < -0.3 is 34.2 Å². The number of fused-ring (bicyclic) bond motifs is 5. The lowest BCUT2D eigenvalue weighted by molar-refractivity contribution is -0.116. The van der Waals surface area contributed by atoms with Crippen molar-refractivity contribution < 1.29 is 34.1 Å². The number of carbonyl (C=O) groups is 1. The Morgan fingerprint density at radius 2 is 1.21 bits per heavy atom. The van der Waals surface area contributed by atoms with Gasteiger partial charge in [-0.1, -0.05) is 103 Å². The third kappa shape index (κ3) is 8.33. The summed E-state index contributed by atoms with van der Waals surface area (Å²) in [7, 11) is 1.76. The van der Waals surface area contributed by atoms with Crippen molar-refractivity contribution in [1.29, 1.82) is 0 Å². The van der Waals surface area contributed by atoms with Crippen molar-refractivity contribution in [2.45, 2.75) is 0 Å². The summed E-state index contributed by atoms with van der Waals surface area (Å²) in [6.07, 6.45) is 0. The molecule has 7 aromatic carbocycles. The Kier molecular flexibility index (Phi) is 11.3. The SMILES string of the molecule is CN1C(=O)CN=C(c2ccccc2)c2cc(Cl)ccc21.O=c1cc(-c2ccc(O)c(O)c2)oc2cc(O)cc(O)c12.O=c1cc(-c2ccccc2)oc2ccc3ccccc3c12. The third-order valence-corrected chi connectivity index (χ3v) is 10.3. The van der Waals surface area contributed by atoms with Gasteiger partial charge in [-0.15, -0.1) is 0 Å². The minimum atomic E-state index is -0.490. The third-order valence-electron chi connectivity index (χ3n) is 10.1. The van der Waals surface area contributed by atoms with Crippen LogP contribution in [0.3, 0.4) is 0 Å². The fourth-order valence-corrected chi connectivity index (χ4v) is 7.23. The first-order valence-corrected chi connectivity index (χ1v) is 19.5. The number of rotatable bonds is 3. The van der Waals surface area contributed by atoms with E-state index in [0.717, 1.165) is 51.0 Å². The van der Waals surface area contributed by atoms with Crippen LogP contribution in [0.2, 0.25) is 5.02 Å².